The van der Waals surface area contributed by atoms with E-state index in [4.69, 9.17) is 4.74 Å². The van der Waals surface area contributed by atoms with Crippen LogP contribution in [0.1, 0.15) is 65.7 Å². The summed E-state index contributed by atoms with van der Waals surface area (Å²) >= 11 is 0. The molecule has 2 heteroatoms. The summed E-state index contributed by atoms with van der Waals surface area (Å²) < 4.78 is 4.80. The van der Waals surface area contributed by atoms with Gasteiger partial charge in [-0.25, -0.2) is 0 Å². The molecule has 0 aliphatic rings. The van der Waals surface area contributed by atoms with E-state index in [2.05, 4.69) is 13.8 Å². The summed E-state index contributed by atoms with van der Waals surface area (Å²) in [6.07, 6.45) is 12.5. The Morgan fingerprint density at radius 2 is 1.88 bits per heavy atom. The van der Waals surface area contributed by atoms with E-state index in [1.807, 2.05) is 6.08 Å². The molecular weight excluding hydrogens is 200 g/mol. The summed E-state index contributed by atoms with van der Waals surface area (Å²) in [6, 6.07) is 0. The van der Waals surface area contributed by atoms with Crippen molar-refractivity contribution in [3.8, 4) is 0 Å². The lowest BCUT2D eigenvalue weighted by molar-refractivity contribution is -0.135. The Bertz CT molecular complexity index is 197. The number of hydrogen-bond acceptors (Lipinski definition) is 2. The van der Waals surface area contributed by atoms with Gasteiger partial charge in [0.2, 0.25) is 0 Å². The van der Waals surface area contributed by atoms with Crippen LogP contribution in [0.2, 0.25) is 0 Å². The van der Waals surface area contributed by atoms with Gasteiger partial charge in [-0.1, -0.05) is 46.0 Å². The lowest BCUT2D eigenvalue weighted by Gasteiger charge is -2.09. The van der Waals surface area contributed by atoms with E-state index >= 15 is 0 Å². The first-order valence-corrected chi connectivity index (χ1v) is 6.54. The van der Waals surface area contributed by atoms with E-state index in [0.717, 1.165) is 6.42 Å². The van der Waals surface area contributed by atoms with Crippen molar-refractivity contribution < 1.29 is 9.53 Å². The molecule has 0 saturated heterocycles. The highest BCUT2D eigenvalue weighted by Gasteiger charge is 2.01. The molecule has 0 aromatic heterocycles. The van der Waals surface area contributed by atoms with E-state index in [0.29, 0.717) is 5.92 Å². The quantitative estimate of drug-likeness (QED) is 0.330. The molecule has 16 heavy (non-hydrogen) atoms. The molecule has 2 nitrogen and oxygen atoms in total. The van der Waals surface area contributed by atoms with Gasteiger partial charge in [-0.15, -0.1) is 0 Å². The Balaban J connectivity index is 3.58. The first-order chi connectivity index (χ1) is 7.70. The molecule has 0 fully saturated rings. The fourth-order valence-electron chi connectivity index (χ4n) is 1.69. The summed E-state index contributed by atoms with van der Waals surface area (Å²) in [5.74, 6) is 0.315. The largest absolute Gasteiger partial charge is 0.435 e. The lowest BCUT2D eigenvalue weighted by atomic mass is 9.98. The maximum atomic E-state index is 10.6. The number of esters is 1. The van der Waals surface area contributed by atoms with Crippen molar-refractivity contribution in [3.05, 3.63) is 12.3 Å². The standard InChI is InChI=1S/C14H26O2/c1-4-6-7-8-9-10-14(5-2)11-12-16-13(3)15/h11-12,14H,4-10H2,1-3H3/b12-11+/t14-/m1/s1. The minimum atomic E-state index is -0.242. The molecule has 0 rings (SSSR count). The molecule has 0 aliphatic carbocycles. The SMILES string of the molecule is CCCCCCC[C@H](/C=C/OC(C)=O)CC. The topological polar surface area (TPSA) is 26.3 Å². The molecule has 0 heterocycles. The number of carbonyl (C=O) groups is 1. The van der Waals surface area contributed by atoms with Gasteiger partial charge in [-0.2, -0.15) is 0 Å². The fourth-order valence-corrected chi connectivity index (χ4v) is 1.69. The Hall–Kier alpha value is -0.790. The highest BCUT2D eigenvalue weighted by atomic mass is 16.5. The monoisotopic (exact) mass is 226 g/mol. The minimum absolute atomic E-state index is 0.242. The van der Waals surface area contributed by atoms with Crippen LogP contribution in [0.3, 0.4) is 0 Å². The molecule has 94 valence electrons. The van der Waals surface area contributed by atoms with E-state index in [9.17, 15) is 4.79 Å². The van der Waals surface area contributed by atoms with Crippen LogP contribution in [0.4, 0.5) is 0 Å². The van der Waals surface area contributed by atoms with Crippen molar-refractivity contribution in [3.63, 3.8) is 0 Å². The van der Waals surface area contributed by atoms with E-state index in [1.54, 1.807) is 6.26 Å². The van der Waals surface area contributed by atoms with Gasteiger partial charge in [-0.05, 0) is 24.8 Å². The summed E-state index contributed by atoms with van der Waals surface area (Å²) in [6.45, 7) is 5.83. The first kappa shape index (κ1) is 15.2. The Labute approximate surface area is 100 Å². The van der Waals surface area contributed by atoms with Gasteiger partial charge in [0.1, 0.15) is 0 Å². The molecule has 0 spiro atoms. The van der Waals surface area contributed by atoms with Crippen LogP contribution in [-0.4, -0.2) is 5.97 Å². The predicted molar refractivity (Wildman–Crippen MR) is 68.1 cm³/mol. The van der Waals surface area contributed by atoms with Crippen molar-refractivity contribution in [2.24, 2.45) is 5.92 Å². The number of unbranched alkanes of at least 4 members (excludes halogenated alkanes) is 4. The van der Waals surface area contributed by atoms with Crippen LogP contribution in [0, 0.1) is 5.92 Å². The highest BCUT2D eigenvalue weighted by Crippen LogP contribution is 2.16. The van der Waals surface area contributed by atoms with Gasteiger partial charge in [0.25, 0.3) is 0 Å². The summed E-state index contributed by atoms with van der Waals surface area (Å²) in [5.41, 5.74) is 0. The highest BCUT2D eigenvalue weighted by molar-refractivity contribution is 5.66. The Morgan fingerprint density at radius 3 is 2.44 bits per heavy atom. The number of hydrogen-bond donors (Lipinski definition) is 0. The van der Waals surface area contributed by atoms with Gasteiger partial charge < -0.3 is 4.74 Å². The van der Waals surface area contributed by atoms with Crippen LogP contribution in [0.5, 0.6) is 0 Å². The Kier molecular flexibility index (Phi) is 10.2. The predicted octanol–water partition coefficient (Wildman–Crippen LogP) is 4.45. The maximum absolute atomic E-state index is 10.6. The molecule has 0 bridgehead atoms. The van der Waals surface area contributed by atoms with Gasteiger partial charge in [0, 0.05) is 6.92 Å². The zero-order valence-electron chi connectivity index (χ0n) is 11.0. The third-order valence-corrected chi connectivity index (χ3v) is 2.79. The maximum Gasteiger partial charge on any atom is 0.307 e. The average Bonchev–Trinajstić information content (AvgIpc) is 2.26. The molecule has 0 N–H and O–H groups in total. The van der Waals surface area contributed by atoms with Crippen molar-refractivity contribution in [2.75, 3.05) is 0 Å². The first-order valence-electron chi connectivity index (χ1n) is 6.54. The van der Waals surface area contributed by atoms with E-state index < -0.39 is 0 Å². The van der Waals surface area contributed by atoms with Crippen molar-refractivity contribution in [2.45, 2.75) is 65.7 Å². The molecule has 0 aliphatic heterocycles. The lowest BCUT2D eigenvalue weighted by Crippen LogP contribution is -1.96. The third kappa shape index (κ3) is 9.75. The molecular formula is C14H26O2. The second-order valence-electron chi connectivity index (χ2n) is 4.31. The number of carbonyl (C=O) groups excluding carboxylic acids is 1. The summed E-state index contributed by atoms with van der Waals surface area (Å²) in [4.78, 5) is 10.6. The summed E-state index contributed by atoms with van der Waals surface area (Å²) in [7, 11) is 0. The number of ether oxygens (including phenoxy) is 1. The second-order valence-corrected chi connectivity index (χ2v) is 4.31. The van der Waals surface area contributed by atoms with Crippen LogP contribution in [-0.2, 0) is 9.53 Å². The molecule has 0 amide bonds. The molecule has 0 unspecified atom stereocenters. The number of allylic oxidation sites excluding steroid dienone is 1. The van der Waals surface area contributed by atoms with Gasteiger partial charge in [0.05, 0.1) is 6.26 Å². The normalized spacial score (nSPS) is 12.9. The van der Waals surface area contributed by atoms with Crippen LogP contribution >= 0.6 is 0 Å². The second kappa shape index (κ2) is 10.7. The van der Waals surface area contributed by atoms with Crippen LogP contribution < -0.4 is 0 Å². The Morgan fingerprint density at radius 1 is 1.19 bits per heavy atom. The van der Waals surface area contributed by atoms with Gasteiger partial charge in [-0.3, -0.25) is 4.79 Å². The zero-order chi connectivity index (χ0) is 12.2. The minimum Gasteiger partial charge on any atom is -0.435 e. The number of rotatable bonds is 9. The molecule has 1 atom stereocenters. The van der Waals surface area contributed by atoms with E-state index in [1.165, 1.54) is 45.4 Å². The van der Waals surface area contributed by atoms with Gasteiger partial charge >= 0.3 is 5.97 Å². The molecule has 0 aromatic carbocycles. The van der Waals surface area contributed by atoms with Crippen LogP contribution in [0.15, 0.2) is 12.3 Å². The van der Waals surface area contributed by atoms with Crippen molar-refractivity contribution in [1.82, 2.24) is 0 Å². The summed E-state index contributed by atoms with van der Waals surface area (Å²) in [5, 5.41) is 0. The zero-order valence-corrected chi connectivity index (χ0v) is 11.0. The molecule has 0 radical (unpaired) electrons. The smallest absolute Gasteiger partial charge is 0.307 e. The van der Waals surface area contributed by atoms with Gasteiger partial charge in [0.15, 0.2) is 0 Å². The fraction of sp³-hybridized carbons (Fsp3) is 0.786. The van der Waals surface area contributed by atoms with Crippen molar-refractivity contribution in [1.29, 1.82) is 0 Å². The van der Waals surface area contributed by atoms with Crippen LogP contribution in [0.25, 0.3) is 0 Å². The molecule has 0 aromatic rings. The molecule has 0 saturated carbocycles. The third-order valence-electron chi connectivity index (χ3n) is 2.79. The van der Waals surface area contributed by atoms with E-state index in [-0.39, 0.29) is 5.97 Å². The van der Waals surface area contributed by atoms with Crippen molar-refractivity contribution >= 4 is 5.97 Å². The average molecular weight is 226 g/mol.